The lowest BCUT2D eigenvalue weighted by atomic mass is 9.97. The number of aryl methyl sites for hydroxylation is 3. The minimum absolute atomic E-state index is 0.137. The van der Waals surface area contributed by atoms with Crippen LogP contribution < -0.4 is 0 Å². The molecule has 0 spiro atoms. The summed E-state index contributed by atoms with van der Waals surface area (Å²) in [6.07, 6.45) is 0.755. The van der Waals surface area contributed by atoms with Gasteiger partial charge in [-0.1, -0.05) is 32.4 Å². The van der Waals surface area contributed by atoms with E-state index >= 15 is 0 Å². The van der Waals surface area contributed by atoms with Crippen molar-refractivity contribution in [2.45, 2.75) is 72.3 Å². The summed E-state index contributed by atoms with van der Waals surface area (Å²) in [5.74, 6) is -0.392. The number of fused-ring (bicyclic) bond motifs is 1. The van der Waals surface area contributed by atoms with E-state index in [1.165, 1.54) is 7.11 Å². The zero-order chi connectivity index (χ0) is 26.3. The molecule has 35 heavy (non-hydrogen) atoms. The number of esters is 1. The Bertz CT molecular complexity index is 1250. The maximum absolute atomic E-state index is 12.9. The van der Waals surface area contributed by atoms with Gasteiger partial charge in [-0.15, -0.1) is 0 Å². The number of aliphatic hydroxyl groups excluding tert-OH is 1. The van der Waals surface area contributed by atoms with Crippen LogP contribution in [0, 0.1) is 13.8 Å². The van der Waals surface area contributed by atoms with E-state index < -0.39 is 14.3 Å². The Balaban J connectivity index is 2.14. The molecule has 0 unspecified atom stereocenters. The van der Waals surface area contributed by atoms with E-state index in [0.29, 0.717) is 29.6 Å². The van der Waals surface area contributed by atoms with Crippen LogP contribution in [0.4, 0.5) is 0 Å². The van der Waals surface area contributed by atoms with Gasteiger partial charge in [0, 0.05) is 52.9 Å². The number of carbonyl (C=O) groups excluding carboxylic acids is 1. The number of hydrogen-bond donors (Lipinski definition) is 1. The van der Waals surface area contributed by atoms with Crippen LogP contribution in [-0.4, -0.2) is 47.5 Å². The Morgan fingerprint density at radius 2 is 1.86 bits per heavy atom. The van der Waals surface area contributed by atoms with Gasteiger partial charge in [0.25, 0.3) is 0 Å². The molecule has 9 heteroatoms. The van der Waals surface area contributed by atoms with Crippen molar-refractivity contribution >= 4 is 36.8 Å². The fourth-order valence-electron chi connectivity index (χ4n) is 4.33. The average molecular weight is 520 g/mol. The number of carbonyl (C=O) groups is 1. The second-order valence-corrected chi connectivity index (χ2v) is 15.8. The summed E-state index contributed by atoms with van der Waals surface area (Å²) in [7, 11) is 1.38. The minimum atomic E-state index is -1.86. The van der Waals surface area contributed by atoms with E-state index in [-0.39, 0.29) is 11.6 Å². The van der Waals surface area contributed by atoms with Gasteiger partial charge in [0.2, 0.25) is 0 Å². The Labute approximate surface area is 214 Å². The first kappa shape index (κ1) is 27.5. The van der Waals surface area contributed by atoms with E-state index in [9.17, 15) is 9.90 Å². The second-order valence-electron chi connectivity index (χ2n) is 10.6. The Morgan fingerprint density at radius 1 is 1.20 bits per heavy atom. The molecule has 7 nitrogen and oxygen atoms in total. The number of aromatic nitrogens is 3. The van der Waals surface area contributed by atoms with E-state index in [1.54, 1.807) is 4.68 Å². The Kier molecular flexibility index (Phi) is 7.91. The number of nitrogens with zero attached hydrogens (tertiary/aromatic N) is 3. The molecule has 0 saturated heterocycles. The zero-order valence-corrected chi connectivity index (χ0v) is 24.1. The lowest BCUT2D eigenvalue weighted by Gasteiger charge is -2.36. The van der Waals surface area contributed by atoms with Crippen LogP contribution in [0.15, 0.2) is 12.1 Å². The highest BCUT2D eigenvalue weighted by Crippen LogP contribution is 2.42. The predicted octanol–water partition coefficient (Wildman–Crippen LogP) is 6.00. The third kappa shape index (κ3) is 4.94. The molecule has 0 aliphatic heterocycles. The van der Waals surface area contributed by atoms with Gasteiger partial charge in [0.1, 0.15) is 5.69 Å². The molecule has 0 saturated carbocycles. The van der Waals surface area contributed by atoms with Gasteiger partial charge in [0.15, 0.2) is 8.32 Å². The number of hydrogen-bond acceptors (Lipinski definition) is 5. The quantitative estimate of drug-likeness (QED) is 0.224. The van der Waals surface area contributed by atoms with Gasteiger partial charge in [-0.3, -0.25) is 4.68 Å². The first-order valence-electron chi connectivity index (χ1n) is 11.9. The van der Waals surface area contributed by atoms with Crippen LogP contribution in [0.3, 0.4) is 0 Å². The molecule has 0 aliphatic carbocycles. The number of methoxy groups -OCH3 is 1. The third-order valence-corrected chi connectivity index (χ3v) is 12.3. The van der Waals surface area contributed by atoms with Crippen LogP contribution in [0.5, 0.6) is 0 Å². The molecule has 3 aromatic rings. The van der Waals surface area contributed by atoms with Crippen molar-refractivity contribution < 1.29 is 19.1 Å². The minimum Gasteiger partial charge on any atom is -0.464 e. The summed E-state index contributed by atoms with van der Waals surface area (Å²) in [5, 5.41) is 16.0. The summed E-state index contributed by atoms with van der Waals surface area (Å²) in [6.45, 7) is 16.0. The number of ether oxygens (including phenoxy) is 1. The zero-order valence-electron chi connectivity index (χ0n) is 22.4. The van der Waals surface area contributed by atoms with Crippen LogP contribution in [0.2, 0.25) is 23.2 Å². The molecule has 3 rings (SSSR count). The van der Waals surface area contributed by atoms with E-state index in [2.05, 4.69) is 39.0 Å². The van der Waals surface area contributed by atoms with E-state index in [0.717, 1.165) is 39.7 Å². The summed E-state index contributed by atoms with van der Waals surface area (Å²) < 4.78 is 15.3. The molecule has 2 aromatic heterocycles. The van der Waals surface area contributed by atoms with Gasteiger partial charge in [-0.25, -0.2) is 4.79 Å². The van der Waals surface area contributed by atoms with Crippen LogP contribution in [0.25, 0.3) is 22.0 Å². The van der Waals surface area contributed by atoms with Crippen LogP contribution in [-0.2, 0) is 29.4 Å². The molecule has 0 atom stereocenters. The first-order valence-corrected chi connectivity index (χ1v) is 15.2. The predicted molar refractivity (Wildman–Crippen MR) is 144 cm³/mol. The normalized spacial score (nSPS) is 12.5. The summed E-state index contributed by atoms with van der Waals surface area (Å²) in [4.78, 5) is 12.9. The molecule has 0 bridgehead atoms. The maximum atomic E-state index is 12.9. The summed E-state index contributed by atoms with van der Waals surface area (Å²) in [6, 6.07) is 3.79. The molecule has 0 radical (unpaired) electrons. The number of rotatable bonds is 8. The van der Waals surface area contributed by atoms with Crippen molar-refractivity contribution in [1.29, 1.82) is 0 Å². The standard InChI is InChI=1S/C26H38ClN3O4Si/c1-16-21-20(12-11-18(27)23(21)22-17(2)29(6)28-19(22)15-31)30(24(16)25(32)33-7)13-10-14-34-35(8,9)26(3,4)5/h11-12,31H,10,13-15H2,1-9H3. The monoisotopic (exact) mass is 519 g/mol. The molecule has 2 heterocycles. The number of halogens is 1. The average Bonchev–Trinajstić information content (AvgIpc) is 3.23. The summed E-state index contributed by atoms with van der Waals surface area (Å²) >= 11 is 6.76. The lowest BCUT2D eigenvalue weighted by Crippen LogP contribution is -2.41. The van der Waals surface area contributed by atoms with Crippen molar-refractivity contribution in [2.75, 3.05) is 13.7 Å². The van der Waals surface area contributed by atoms with Crippen molar-refractivity contribution in [1.82, 2.24) is 14.3 Å². The third-order valence-electron chi connectivity index (χ3n) is 7.40. The maximum Gasteiger partial charge on any atom is 0.354 e. The highest BCUT2D eigenvalue weighted by Gasteiger charge is 2.37. The van der Waals surface area contributed by atoms with Crippen molar-refractivity contribution in [3.8, 4) is 11.1 Å². The van der Waals surface area contributed by atoms with E-state index in [1.807, 2.05) is 37.6 Å². The number of benzene rings is 1. The smallest absolute Gasteiger partial charge is 0.354 e. The fraction of sp³-hybridized carbons (Fsp3) is 0.538. The second kappa shape index (κ2) is 10.1. The molecule has 1 N–H and O–H groups in total. The molecule has 0 fully saturated rings. The summed E-state index contributed by atoms with van der Waals surface area (Å²) in [5.41, 5.74) is 5.20. The highest BCUT2D eigenvalue weighted by atomic mass is 35.5. The van der Waals surface area contributed by atoms with Crippen molar-refractivity contribution in [3.05, 3.63) is 39.8 Å². The van der Waals surface area contributed by atoms with E-state index in [4.69, 9.17) is 20.8 Å². The molecule has 1 aromatic carbocycles. The Morgan fingerprint density at radius 3 is 2.43 bits per heavy atom. The molecular formula is C26H38ClN3O4Si. The number of aliphatic hydroxyl groups is 1. The molecular weight excluding hydrogens is 482 g/mol. The van der Waals surface area contributed by atoms with Crippen LogP contribution in [0.1, 0.15) is 54.6 Å². The van der Waals surface area contributed by atoms with Gasteiger partial charge < -0.3 is 18.8 Å². The molecule has 192 valence electrons. The van der Waals surface area contributed by atoms with Crippen LogP contribution >= 0.6 is 11.6 Å². The van der Waals surface area contributed by atoms with Gasteiger partial charge in [-0.2, -0.15) is 5.10 Å². The van der Waals surface area contributed by atoms with Gasteiger partial charge in [-0.05, 0) is 56.1 Å². The first-order chi connectivity index (χ1) is 16.3. The SMILES string of the molecule is COC(=O)c1c(C)c2c(-c3c(CO)nn(C)c3C)c(Cl)ccc2n1CCCO[Si](C)(C)C(C)(C)C. The van der Waals surface area contributed by atoms with Gasteiger partial charge in [0.05, 0.1) is 19.4 Å². The van der Waals surface area contributed by atoms with Gasteiger partial charge >= 0.3 is 5.97 Å². The molecule has 0 aliphatic rings. The topological polar surface area (TPSA) is 78.5 Å². The van der Waals surface area contributed by atoms with Crippen molar-refractivity contribution in [2.24, 2.45) is 7.05 Å². The Hall–Kier alpha value is -2.13. The largest absolute Gasteiger partial charge is 0.464 e. The fourth-order valence-corrected chi connectivity index (χ4v) is 5.67. The van der Waals surface area contributed by atoms with Crippen molar-refractivity contribution in [3.63, 3.8) is 0 Å². The highest BCUT2D eigenvalue weighted by molar-refractivity contribution is 6.74. The lowest BCUT2D eigenvalue weighted by molar-refractivity contribution is 0.0587. The molecule has 0 amide bonds.